The number of alkyl halides is 4. The molecule has 3 aromatic rings. The number of carbonyl (C=O) groups is 4. The molecule has 4 amide bonds. The van der Waals surface area contributed by atoms with E-state index in [-0.39, 0.29) is 22.3 Å². The average molecular weight is 685 g/mol. The molecule has 0 heterocycles. The van der Waals surface area contributed by atoms with Crippen molar-refractivity contribution in [3.63, 3.8) is 0 Å². The van der Waals surface area contributed by atoms with Crippen LogP contribution in [0.25, 0.3) is 0 Å². The summed E-state index contributed by atoms with van der Waals surface area (Å²) in [4.78, 5) is 49.0. The first-order valence-corrected chi connectivity index (χ1v) is 14.4. The average Bonchev–Trinajstić information content (AvgIpc) is 3.08. The molecule has 1 aliphatic rings. The molecule has 3 aromatic carbocycles. The predicted molar refractivity (Wildman–Crippen MR) is 155 cm³/mol. The first-order chi connectivity index (χ1) is 22.6. The first kappa shape index (κ1) is 35.8. The molecule has 256 valence electrons. The minimum atomic E-state index is -2.60. The molecule has 0 bridgehead atoms. The van der Waals surface area contributed by atoms with E-state index in [0.717, 1.165) is 19.1 Å². The number of hydrogen-bond acceptors (Lipinski definition) is 4. The zero-order valence-electron chi connectivity index (χ0n) is 24.9. The third-order valence-electron chi connectivity index (χ3n) is 8.04. The molecule has 16 heteroatoms. The van der Waals surface area contributed by atoms with Gasteiger partial charge >= 0.3 is 0 Å². The van der Waals surface area contributed by atoms with Gasteiger partial charge in [0.05, 0.1) is 0 Å². The summed E-state index contributed by atoms with van der Waals surface area (Å²) in [7, 11) is 0. The number of nitrogens with one attached hydrogen (secondary N) is 3. The molecule has 5 N–H and O–H groups in total. The Morgan fingerprint density at radius 3 is 1.35 bits per heavy atom. The molecule has 0 radical (unpaired) electrons. The van der Waals surface area contributed by atoms with Crippen LogP contribution in [-0.2, 0) is 6.54 Å². The molecular formula is C32H28F8N4O4. The van der Waals surface area contributed by atoms with Gasteiger partial charge in [0.2, 0.25) is 5.91 Å². The molecule has 2 unspecified atom stereocenters. The molecule has 8 nitrogen and oxygen atoms in total. The highest BCUT2D eigenvalue weighted by atomic mass is 19.2. The summed E-state index contributed by atoms with van der Waals surface area (Å²) >= 11 is 0. The third-order valence-corrected chi connectivity index (χ3v) is 8.04. The lowest BCUT2D eigenvalue weighted by Crippen LogP contribution is -2.57. The van der Waals surface area contributed by atoms with Crippen molar-refractivity contribution in [3.8, 4) is 0 Å². The van der Waals surface area contributed by atoms with Crippen molar-refractivity contribution >= 4 is 23.6 Å². The number of primary amides is 1. The van der Waals surface area contributed by atoms with E-state index in [1.54, 1.807) is 0 Å². The Kier molecular flexibility index (Phi) is 11.1. The van der Waals surface area contributed by atoms with Gasteiger partial charge in [-0.15, -0.1) is 0 Å². The second kappa shape index (κ2) is 14.8. The summed E-state index contributed by atoms with van der Waals surface area (Å²) in [5.41, 5.74) is 2.61. The predicted octanol–water partition coefficient (Wildman–Crippen LogP) is 4.34. The van der Waals surface area contributed by atoms with Crippen molar-refractivity contribution in [1.29, 1.82) is 0 Å². The van der Waals surface area contributed by atoms with Gasteiger partial charge in [-0.3, -0.25) is 19.2 Å². The van der Waals surface area contributed by atoms with Crippen LogP contribution >= 0.6 is 0 Å². The largest absolute Gasteiger partial charge is 0.366 e. The number of halogens is 8. The molecule has 1 fully saturated rings. The van der Waals surface area contributed by atoms with E-state index in [1.165, 1.54) is 36.4 Å². The van der Waals surface area contributed by atoms with Crippen molar-refractivity contribution in [3.05, 3.63) is 105 Å². The molecule has 0 aromatic heterocycles. The van der Waals surface area contributed by atoms with Gasteiger partial charge < -0.3 is 21.7 Å². The molecule has 0 aliphatic heterocycles. The zero-order valence-corrected chi connectivity index (χ0v) is 24.9. The monoisotopic (exact) mass is 684 g/mol. The van der Waals surface area contributed by atoms with Crippen molar-refractivity contribution < 1.29 is 54.3 Å². The van der Waals surface area contributed by atoms with E-state index < -0.39 is 114 Å². The van der Waals surface area contributed by atoms with E-state index in [1.807, 2.05) is 0 Å². The number of benzene rings is 3. The summed E-state index contributed by atoms with van der Waals surface area (Å²) in [6, 6.07) is 9.66. The van der Waals surface area contributed by atoms with Crippen LogP contribution in [0.15, 0.2) is 48.5 Å². The second-order valence-electron chi connectivity index (χ2n) is 11.1. The highest BCUT2D eigenvalue weighted by Gasteiger charge is 2.52. The summed E-state index contributed by atoms with van der Waals surface area (Å²) in [6.07, 6.45) is -10.4. The molecule has 4 rings (SSSR count). The Morgan fingerprint density at radius 2 is 0.958 bits per heavy atom. The highest BCUT2D eigenvalue weighted by molar-refractivity contribution is 6.00. The number of nitrogens with two attached hydrogens (primary N) is 1. The Bertz CT molecular complexity index is 1700. The van der Waals surface area contributed by atoms with Crippen LogP contribution < -0.4 is 21.7 Å². The SMILES string of the molecule is Cc1c(F)c(F)c(CNC(=O)c2cccc(C(=O)NCC3[C@@H](F)[C@@H](F)C(CNC(=O)c4cccc(C(N)=O)c4)[C@@H](F)[C@H]3F)c2)c(F)c1F. The molecule has 1 aliphatic carbocycles. The van der Waals surface area contributed by atoms with E-state index in [9.17, 15) is 45.5 Å². The minimum Gasteiger partial charge on any atom is -0.366 e. The van der Waals surface area contributed by atoms with E-state index in [0.29, 0.717) is 0 Å². The van der Waals surface area contributed by atoms with Crippen LogP contribution in [0.3, 0.4) is 0 Å². The highest BCUT2D eigenvalue weighted by Crippen LogP contribution is 2.37. The van der Waals surface area contributed by atoms with Gasteiger partial charge in [0.25, 0.3) is 17.7 Å². The summed E-state index contributed by atoms with van der Waals surface area (Å²) in [6.45, 7) is -1.78. The zero-order chi connectivity index (χ0) is 35.4. The fraction of sp³-hybridized carbons (Fsp3) is 0.312. The summed E-state index contributed by atoms with van der Waals surface area (Å²) < 4.78 is 116. The second-order valence-corrected chi connectivity index (χ2v) is 11.1. The minimum absolute atomic E-state index is 0.0123. The quantitative estimate of drug-likeness (QED) is 0.187. The van der Waals surface area contributed by atoms with Crippen LogP contribution in [-0.4, -0.2) is 61.4 Å². The van der Waals surface area contributed by atoms with Crippen molar-refractivity contribution in [2.75, 3.05) is 13.1 Å². The Morgan fingerprint density at radius 1 is 0.604 bits per heavy atom. The maximum Gasteiger partial charge on any atom is 0.251 e. The van der Waals surface area contributed by atoms with Gasteiger partial charge in [0, 0.05) is 64.9 Å². The lowest BCUT2D eigenvalue weighted by molar-refractivity contribution is -0.0752. The van der Waals surface area contributed by atoms with Gasteiger partial charge in [0.15, 0.2) is 23.3 Å². The standard InChI is InChI=1S/C32H28F8N4O4/c1-13-21(33)23(35)18(24(36)22(13)34)10-42-31(47)16-6-3-7-17(9-16)32(48)44-12-20-27(39)25(37)19(26(38)28(20)40)11-43-30(46)15-5-2-4-14(8-15)29(41)45/h2-9,19-20,25-28H,10-12H2,1H3,(H2,41,45)(H,42,47)(H,43,46)(H,44,48)/t19?,20?,25-,26+,27+,28-. The Balaban J connectivity index is 1.35. The lowest BCUT2D eigenvalue weighted by Gasteiger charge is -2.39. The Hall–Kier alpha value is -5.02. The van der Waals surface area contributed by atoms with Crippen LogP contribution in [0.5, 0.6) is 0 Å². The van der Waals surface area contributed by atoms with E-state index in [2.05, 4.69) is 16.0 Å². The molecule has 6 atom stereocenters. The van der Waals surface area contributed by atoms with E-state index >= 15 is 8.78 Å². The first-order valence-electron chi connectivity index (χ1n) is 14.4. The smallest absolute Gasteiger partial charge is 0.251 e. The number of amides is 4. The summed E-state index contributed by atoms with van der Waals surface area (Å²) in [5, 5.41) is 6.41. The van der Waals surface area contributed by atoms with Gasteiger partial charge in [-0.05, 0) is 43.3 Å². The van der Waals surface area contributed by atoms with E-state index in [4.69, 9.17) is 5.73 Å². The van der Waals surface area contributed by atoms with Crippen LogP contribution in [0.4, 0.5) is 35.1 Å². The van der Waals surface area contributed by atoms with Crippen molar-refractivity contribution in [2.24, 2.45) is 17.6 Å². The van der Waals surface area contributed by atoms with Gasteiger partial charge in [-0.2, -0.15) is 0 Å². The van der Waals surface area contributed by atoms with Gasteiger partial charge in [-0.1, -0.05) is 12.1 Å². The topological polar surface area (TPSA) is 130 Å². The normalized spacial score (nSPS) is 22.1. The van der Waals surface area contributed by atoms with Gasteiger partial charge in [-0.25, -0.2) is 35.1 Å². The fourth-order valence-corrected chi connectivity index (χ4v) is 5.20. The molecule has 0 saturated heterocycles. The Labute approximate surface area is 268 Å². The third kappa shape index (κ3) is 7.42. The lowest BCUT2D eigenvalue weighted by atomic mass is 9.76. The summed E-state index contributed by atoms with van der Waals surface area (Å²) in [5.74, 6) is -14.3. The number of carbonyl (C=O) groups excluding carboxylic acids is 4. The van der Waals surface area contributed by atoms with Crippen LogP contribution in [0, 0.1) is 42.0 Å². The van der Waals surface area contributed by atoms with Crippen LogP contribution in [0.2, 0.25) is 0 Å². The van der Waals surface area contributed by atoms with Crippen molar-refractivity contribution in [1.82, 2.24) is 16.0 Å². The maximum absolute atomic E-state index is 15.0. The number of hydrogen-bond donors (Lipinski definition) is 4. The molecular weight excluding hydrogens is 656 g/mol. The molecule has 0 spiro atoms. The maximum atomic E-state index is 15.0. The van der Waals surface area contributed by atoms with Gasteiger partial charge in [0.1, 0.15) is 24.7 Å². The van der Waals surface area contributed by atoms with Crippen molar-refractivity contribution in [2.45, 2.75) is 38.2 Å². The van der Waals surface area contributed by atoms with Crippen LogP contribution in [0.1, 0.15) is 52.6 Å². The fourth-order valence-electron chi connectivity index (χ4n) is 5.20. The molecule has 1 saturated carbocycles. The molecule has 48 heavy (non-hydrogen) atoms. The number of rotatable bonds is 10.